The Bertz CT molecular complexity index is 997. The molecule has 0 aliphatic rings. The van der Waals surface area contributed by atoms with Crippen molar-refractivity contribution in [3.8, 4) is 16.9 Å². The summed E-state index contributed by atoms with van der Waals surface area (Å²) in [5, 5.41) is 0. The predicted molar refractivity (Wildman–Crippen MR) is 94.7 cm³/mol. The summed E-state index contributed by atoms with van der Waals surface area (Å²) in [6, 6.07) is 21.7. The van der Waals surface area contributed by atoms with E-state index in [0.29, 0.717) is 0 Å². The summed E-state index contributed by atoms with van der Waals surface area (Å²) in [5.41, 5.74) is 7.24. The van der Waals surface area contributed by atoms with Gasteiger partial charge in [0, 0.05) is 5.56 Å². The summed E-state index contributed by atoms with van der Waals surface area (Å²) < 4.78 is 29.9. The lowest BCUT2D eigenvalue weighted by Crippen LogP contribution is -2.13. The lowest BCUT2D eigenvalue weighted by molar-refractivity contribution is 0.1000. The van der Waals surface area contributed by atoms with E-state index in [-0.39, 0.29) is 16.2 Å². The van der Waals surface area contributed by atoms with Gasteiger partial charge in [0.05, 0.1) is 0 Å². The molecule has 2 N–H and O–H groups in total. The Morgan fingerprint density at radius 1 is 0.800 bits per heavy atom. The van der Waals surface area contributed by atoms with Crippen LogP contribution in [0.4, 0.5) is 0 Å². The molecule has 3 aromatic rings. The number of carbonyl (C=O) groups excluding carboxylic acids is 1. The SMILES string of the molecule is NC(=O)c1cccc(OS(=O)(=O)c2ccc(-c3ccccc3)cc2)c1. The van der Waals surface area contributed by atoms with E-state index in [1.165, 1.54) is 36.4 Å². The van der Waals surface area contributed by atoms with Crippen molar-refractivity contribution in [3.05, 3.63) is 84.4 Å². The highest BCUT2D eigenvalue weighted by molar-refractivity contribution is 7.87. The van der Waals surface area contributed by atoms with Gasteiger partial charge in [-0.3, -0.25) is 4.79 Å². The van der Waals surface area contributed by atoms with Crippen LogP contribution in [0.3, 0.4) is 0 Å². The van der Waals surface area contributed by atoms with Gasteiger partial charge < -0.3 is 9.92 Å². The fraction of sp³-hybridized carbons (Fsp3) is 0. The van der Waals surface area contributed by atoms with E-state index in [2.05, 4.69) is 0 Å². The molecule has 0 saturated carbocycles. The first-order valence-electron chi connectivity index (χ1n) is 7.45. The van der Waals surface area contributed by atoms with E-state index in [1.54, 1.807) is 12.1 Å². The Kier molecular flexibility index (Phi) is 4.54. The van der Waals surface area contributed by atoms with Gasteiger partial charge in [-0.15, -0.1) is 0 Å². The van der Waals surface area contributed by atoms with Crippen LogP contribution < -0.4 is 9.92 Å². The zero-order valence-electron chi connectivity index (χ0n) is 13.1. The number of hydrogen-bond donors (Lipinski definition) is 1. The summed E-state index contributed by atoms with van der Waals surface area (Å²) in [6.07, 6.45) is 0. The second-order valence-corrected chi connectivity index (χ2v) is 6.87. The van der Waals surface area contributed by atoms with Crippen molar-refractivity contribution in [2.45, 2.75) is 4.90 Å². The van der Waals surface area contributed by atoms with Crippen molar-refractivity contribution in [1.82, 2.24) is 0 Å². The summed E-state index contributed by atoms with van der Waals surface area (Å²) in [4.78, 5) is 11.2. The minimum Gasteiger partial charge on any atom is -0.379 e. The quantitative estimate of drug-likeness (QED) is 0.714. The molecule has 0 bridgehead atoms. The zero-order chi connectivity index (χ0) is 17.9. The Morgan fingerprint density at radius 3 is 2.08 bits per heavy atom. The normalized spacial score (nSPS) is 11.0. The first-order chi connectivity index (χ1) is 12.0. The van der Waals surface area contributed by atoms with Gasteiger partial charge in [0.25, 0.3) is 0 Å². The molecule has 0 spiro atoms. The van der Waals surface area contributed by atoms with Gasteiger partial charge in [-0.05, 0) is 41.5 Å². The molecule has 0 aromatic heterocycles. The first-order valence-corrected chi connectivity index (χ1v) is 8.86. The van der Waals surface area contributed by atoms with Crippen molar-refractivity contribution in [1.29, 1.82) is 0 Å². The topological polar surface area (TPSA) is 86.5 Å². The number of primary amides is 1. The monoisotopic (exact) mass is 353 g/mol. The smallest absolute Gasteiger partial charge is 0.339 e. The third-order valence-corrected chi connectivity index (χ3v) is 4.84. The molecule has 25 heavy (non-hydrogen) atoms. The second kappa shape index (κ2) is 6.78. The van der Waals surface area contributed by atoms with Crippen LogP contribution in [-0.2, 0) is 10.1 Å². The van der Waals surface area contributed by atoms with Crippen LogP contribution >= 0.6 is 0 Å². The number of hydrogen-bond acceptors (Lipinski definition) is 4. The van der Waals surface area contributed by atoms with Crippen LogP contribution in [0.2, 0.25) is 0 Å². The average Bonchev–Trinajstić information content (AvgIpc) is 2.62. The van der Waals surface area contributed by atoms with Crippen molar-refractivity contribution >= 4 is 16.0 Å². The molecule has 0 heterocycles. The van der Waals surface area contributed by atoms with Crippen LogP contribution in [-0.4, -0.2) is 14.3 Å². The lowest BCUT2D eigenvalue weighted by atomic mass is 10.1. The van der Waals surface area contributed by atoms with Gasteiger partial charge in [0.1, 0.15) is 10.6 Å². The molecule has 5 nitrogen and oxygen atoms in total. The van der Waals surface area contributed by atoms with E-state index in [1.807, 2.05) is 30.3 Å². The summed E-state index contributed by atoms with van der Waals surface area (Å²) in [7, 11) is -4.01. The molecule has 0 aliphatic carbocycles. The largest absolute Gasteiger partial charge is 0.379 e. The number of carbonyl (C=O) groups is 1. The van der Waals surface area contributed by atoms with Crippen LogP contribution in [0, 0.1) is 0 Å². The van der Waals surface area contributed by atoms with Crippen molar-refractivity contribution < 1.29 is 17.4 Å². The molecule has 0 fully saturated rings. The molecule has 126 valence electrons. The van der Waals surface area contributed by atoms with E-state index >= 15 is 0 Å². The van der Waals surface area contributed by atoms with Crippen LogP contribution in [0.25, 0.3) is 11.1 Å². The first kappa shape index (κ1) is 16.7. The summed E-state index contributed by atoms with van der Waals surface area (Å²) in [6.45, 7) is 0. The maximum Gasteiger partial charge on any atom is 0.339 e. The summed E-state index contributed by atoms with van der Waals surface area (Å²) >= 11 is 0. The van der Waals surface area contributed by atoms with E-state index < -0.39 is 16.0 Å². The fourth-order valence-corrected chi connectivity index (χ4v) is 3.24. The Hall–Kier alpha value is -3.12. The molecule has 0 saturated heterocycles. The van der Waals surface area contributed by atoms with Gasteiger partial charge >= 0.3 is 10.1 Å². The van der Waals surface area contributed by atoms with Crippen molar-refractivity contribution in [2.24, 2.45) is 5.73 Å². The number of amides is 1. The van der Waals surface area contributed by atoms with Gasteiger partial charge in [-0.25, -0.2) is 0 Å². The maximum absolute atomic E-state index is 12.4. The Morgan fingerprint density at radius 2 is 1.44 bits per heavy atom. The molecule has 3 aromatic carbocycles. The van der Waals surface area contributed by atoms with Crippen LogP contribution in [0.15, 0.2) is 83.8 Å². The highest BCUT2D eigenvalue weighted by Crippen LogP contribution is 2.23. The van der Waals surface area contributed by atoms with Crippen LogP contribution in [0.1, 0.15) is 10.4 Å². The van der Waals surface area contributed by atoms with Crippen molar-refractivity contribution in [3.63, 3.8) is 0 Å². The average molecular weight is 353 g/mol. The Labute approximate surface area is 145 Å². The number of nitrogens with two attached hydrogens (primary N) is 1. The summed E-state index contributed by atoms with van der Waals surface area (Å²) in [5.74, 6) is -0.626. The lowest BCUT2D eigenvalue weighted by Gasteiger charge is -2.08. The molecule has 0 atom stereocenters. The van der Waals surface area contributed by atoms with Crippen LogP contribution in [0.5, 0.6) is 5.75 Å². The van der Waals surface area contributed by atoms with E-state index in [0.717, 1.165) is 11.1 Å². The predicted octanol–water partition coefficient (Wildman–Crippen LogP) is 3.22. The second-order valence-electron chi connectivity index (χ2n) is 5.32. The molecule has 6 heteroatoms. The molecule has 0 radical (unpaired) electrons. The van der Waals surface area contributed by atoms with E-state index in [9.17, 15) is 13.2 Å². The molecular formula is C19H15NO4S. The number of benzene rings is 3. The highest BCUT2D eigenvalue weighted by Gasteiger charge is 2.17. The molecule has 0 aliphatic heterocycles. The molecular weight excluding hydrogens is 338 g/mol. The molecule has 0 unspecified atom stereocenters. The highest BCUT2D eigenvalue weighted by atomic mass is 32.2. The van der Waals surface area contributed by atoms with Gasteiger partial charge in [-0.1, -0.05) is 48.5 Å². The Balaban J connectivity index is 1.85. The molecule has 1 amide bonds. The zero-order valence-corrected chi connectivity index (χ0v) is 13.9. The maximum atomic E-state index is 12.4. The molecule has 3 rings (SSSR count). The fourth-order valence-electron chi connectivity index (χ4n) is 2.32. The standard InChI is InChI=1S/C19H15NO4S/c20-19(21)16-7-4-8-17(13-16)24-25(22,23)18-11-9-15(10-12-18)14-5-2-1-3-6-14/h1-13H,(H2,20,21). The third kappa shape index (κ3) is 3.87. The van der Waals surface area contributed by atoms with Gasteiger partial charge in [-0.2, -0.15) is 8.42 Å². The van der Waals surface area contributed by atoms with Gasteiger partial charge in [0.15, 0.2) is 0 Å². The minimum atomic E-state index is -4.01. The van der Waals surface area contributed by atoms with E-state index in [4.69, 9.17) is 9.92 Å². The third-order valence-electron chi connectivity index (χ3n) is 3.57. The minimum absolute atomic E-state index is 0.0247. The van der Waals surface area contributed by atoms with Crippen molar-refractivity contribution in [2.75, 3.05) is 0 Å². The number of rotatable bonds is 5. The van der Waals surface area contributed by atoms with Gasteiger partial charge in [0.2, 0.25) is 5.91 Å².